The molecule has 0 aliphatic heterocycles. The van der Waals surface area contributed by atoms with E-state index in [2.05, 4.69) is 5.32 Å². The molecule has 0 fully saturated rings. The first-order valence-electron chi connectivity index (χ1n) is 8.28. The van der Waals surface area contributed by atoms with Gasteiger partial charge in [0.15, 0.2) is 11.7 Å². The zero-order valence-electron chi connectivity index (χ0n) is 14.5. The van der Waals surface area contributed by atoms with Crippen molar-refractivity contribution in [3.8, 4) is 0 Å². The van der Waals surface area contributed by atoms with Gasteiger partial charge in [0.05, 0.1) is 11.9 Å². The van der Waals surface area contributed by atoms with Crippen molar-refractivity contribution in [1.82, 2.24) is 4.57 Å². The Kier molecular flexibility index (Phi) is 5.61. The Hall–Kier alpha value is -3.06. The fourth-order valence-electron chi connectivity index (χ4n) is 2.52. The highest BCUT2D eigenvalue weighted by molar-refractivity contribution is 6.30. The Morgan fingerprint density at radius 1 is 1.19 bits per heavy atom. The summed E-state index contributed by atoms with van der Waals surface area (Å²) in [5.41, 5.74) is 1.60. The minimum Gasteiger partial charge on any atom is -0.452 e. The molecule has 140 valence electrons. The van der Waals surface area contributed by atoms with Gasteiger partial charge in [-0.2, -0.15) is 0 Å². The zero-order chi connectivity index (χ0) is 19.4. The van der Waals surface area contributed by atoms with Crippen LogP contribution in [0.5, 0.6) is 0 Å². The molecular formula is C19H17ClN2O5. The number of fused-ring (bicyclic) bond motifs is 1. The number of nitrogens with zero attached hydrogens (tertiary/aromatic N) is 1. The van der Waals surface area contributed by atoms with E-state index < -0.39 is 23.7 Å². The lowest BCUT2D eigenvalue weighted by Crippen LogP contribution is -2.30. The molecule has 3 rings (SSSR count). The summed E-state index contributed by atoms with van der Waals surface area (Å²) in [5.74, 6) is -1.60. The Labute approximate surface area is 159 Å². The van der Waals surface area contributed by atoms with Gasteiger partial charge in [0.25, 0.3) is 5.91 Å². The number of aromatic nitrogens is 1. The van der Waals surface area contributed by atoms with Gasteiger partial charge >= 0.3 is 11.7 Å². The van der Waals surface area contributed by atoms with Crippen LogP contribution in [0.2, 0.25) is 5.02 Å². The van der Waals surface area contributed by atoms with Crippen molar-refractivity contribution in [3.63, 3.8) is 0 Å². The summed E-state index contributed by atoms with van der Waals surface area (Å²) in [7, 11) is 0. The minimum absolute atomic E-state index is 0.0675. The number of hydrogen-bond donors (Lipinski definition) is 1. The summed E-state index contributed by atoms with van der Waals surface area (Å²) in [6, 6.07) is 13.5. The number of ether oxygens (including phenoxy) is 1. The maximum atomic E-state index is 12.1. The van der Waals surface area contributed by atoms with Gasteiger partial charge in [0.2, 0.25) is 0 Å². The number of rotatable bonds is 6. The fraction of sp³-hybridized carbons (Fsp3) is 0.211. The molecule has 1 atom stereocenters. The molecule has 0 aliphatic carbocycles. The van der Waals surface area contributed by atoms with Crippen LogP contribution in [0, 0.1) is 0 Å². The molecule has 0 spiro atoms. The van der Waals surface area contributed by atoms with Crippen molar-refractivity contribution >= 4 is 40.3 Å². The molecule has 0 radical (unpaired) electrons. The summed E-state index contributed by atoms with van der Waals surface area (Å²) >= 11 is 5.79. The molecule has 8 heteroatoms. The smallest absolute Gasteiger partial charge is 0.419 e. The molecule has 0 bridgehead atoms. The fourth-order valence-corrected chi connectivity index (χ4v) is 2.64. The highest BCUT2D eigenvalue weighted by Crippen LogP contribution is 2.14. The van der Waals surface area contributed by atoms with E-state index in [0.29, 0.717) is 21.8 Å². The van der Waals surface area contributed by atoms with Crippen LogP contribution in [0.15, 0.2) is 57.7 Å². The van der Waals surface area contributed by atoms with E-state index >= 15 is 0 Å². The van der Waals surface area contributed by atoms with E-state index in [0.717, 1.165) is 0 Å². The van der Waals surface area contributed by atoms with E-state index in [9.17, 15) is 14.4 Å². The number of halogens is 1. The molecule has 0 aliphatic rings. The lowest BCUT2D eigenvalue weighted by Gasteiger charge is -2.13. The average molecular weight is 389 g/mol. The Balaban J connectivity index is 1.55. The first kappa shape index (κ1) is 18.7. The SMILES string of the molecule is C[C@@H](OC(=O)CCn1c(=O)oc2ccccc21)C(=O)Nc1ccc(Cl)cc1. The van der Waals surface area contributed by atoms with Crippen LogP contribution in [-0.4, -0.2) is 22.5 Å². The highest BCUT2D eigenvalue weighted by Gasteiger charge is 2.18. The number of carbonyl (C=O) groups excluding carboxylic acids is 2. The van der Waals surface area contributed by atoms with Gasteiger partial charge in [-0.25, -0.2) is 4.79 Å². The molecule has 7 nitrogen and oxygen atoms in total. The van der Waals surface area contributed by atoms with Gasteiger partial charge in [-0.3, -0.25) is 14.2 Å². The number of hydrogen-bond acceptors (Lipinski definition) is 5. The normalized spacial score (nSPS) is 11.9. The first-order chi connectivity index (χ1) is 12.9. The number of aryl methyl sites for hydroxylation is 1. The van der Waals surface area contributed by atoms with E-state index in [1.807, 2.05) is 0 Å². The second-order valence-electron chi connectivity index (χ2n) is 5.87. The monoisotopic (exact) mass is 388 g/mol. The largest absolute Gasteiger partial charge is 0.452 e. The van der Waals surface area contributed by atoms with E-state index in [1.54, 1.807) is 48.5 Å². The summed E-state index contributed by atoms with van der Waals surface area (Å²) in [6.45, 7) is 1.57. The highest BCUT2D eigenvalue weighted by atomic mass is 35.5. The third kappa shape index (κ3) is 4.57. The number of esters is 1. The van der Waals surface area contributed by atoms with Crippen molar-refractivity contribution in [2.24, 2.45) is 0 Å². The van der Waals surface area contributed by atoms with Crippen molar-refractivity contribution in [1.29, 1.82) is 0 Å². The van der Waals surface area contributed by atoms with Crippen LogP contribution in [0.1, 0.15) is 13.3 Å². The van der Waals surface area contributed by atoms with Crippen LogP contribution >= 0.6 is 11.6 Å². The predicted molar refractivity (Wildman–Crippen MR) is 101 cm³/mol. The number of nitrogens with one attached hydrogen (secondary N) is 1. The van der Waals surface area contributed by atoms with Gasteiger partial charge < -0.3 is 14.5 Å². The molecule has 0 saturated heterocycles. The number of amides is 1. The Morgan fingerprint density at radius 2 is 1.89 bits per heavy atom. The minimum atomic E-state index is -0.981. The molecule has 2 aromatic carbocycles. The van der Waals surface area contributed by atoms with Gasteiger partial charge in [-0.05, 0) is 43.3 Å². The number of oxazole rings is 1. The average Bonchev–Trinajstić information content (AvgIpc) is 2.97. The maximum absolute atomic E-state index is 12.1. The molecule has 1 heterocycles. The molecule has 1 N–H and O–H groups in total. The van der Waals surface area contributed by atoms with Crippen LogP contribution in [0.3, 0.4) is 0 Å². The molecule has 1 amide bonds. The molecule has 1 aromatic heterocycles. The summed E-state index contributed by atoms with van der Waals surface area (Å²) in [5, 5.41) is 3.18. The lowest BCUT2D eigenvalue weighted by atomic mass is 10.3. The summed E-state index contributed by atoms with van der Waals surface area (Å²) in [4.78, 5) is 36.0. The standard InChI is InChI=1S/C19H17ClN2O5/c1-12(18(24)21-14-8-6-13(20)7-9-14)26-17(23)10-11-22-15-4-2-3-5-16(15)27-19(22)25/h2-9,12H,10-11H2,1H3,(H,21,24)/t12-/m1/s1. The van der Waals surface area contributed by atoms with Gasteiger partial charge in [0.1, 0.15) is 0 Å². The number of benzene rings is 2. The second kappa shape index (κ2) is 8.09. The number of carbonyl (C=O) groups is 2. The third-order valence-electron chi connectivity index (χ3n) is 3.90. The van der Waals surface area contributed by atoms with Gasteiger partial charge in [-0.1, -0.05) is 23.7 Å². The maximum Gasteiger partial charge on any atom is 0.419 e. The van der Waals surface area contributed by atoms with Crippen molar-refractivity contribution < 1.29 is 18.7 Å². The predicted octanol–water partition coefficient (Wildman–Crippen LogP) is 3.21. The zero-order valence-corrected chi connectivity index (χ0v) is 15.2. The van der Waals surface area contributed by atoms with Crippen molar-refractivity contribution in [2.45, 2.75) is 26.0 Å². The Bertz CT molecular complexity index is 1020. The van der Waals surface area contributed by atoms with Gasteiger partial charge in [-0.15, -0.1) is 0 Å². The molecule has 0 unspecified atom stereocenters. The number of anilines is 1. The third-order valence-corrected chi connectivity index (χ3v) is 4.15. The van der Waals surface area contributed by atoms with Crippen molar-refractivity contribution in [3.05, 3.63) is 64.1 Å². The van der Waals surface area contributed by atoms with Crippen LogP contribution in [0.4, 0.5) is 5.69 Å². The van der Waals surface area contributed by atoms with Crippen molar-refractivity contribution in [2.75, 3.05) is 5.32 Å². The van der Waals surface area contributed by atoms with E-state index in [1.165, 1.54) is 11.5 Å². The number of para-hydroxylation sites is 2. The van der Waals surface area contributed by atoms with Crippen LogP contribution in [0.25, 0.3) is 11.1 Å². The van der Waals surface area contributed by atoms with E-state index in [-0.39, 0.29) is 13.0 Å². The summed E-state index contributed by atoms with van der Waals surface area (Å²) < 4.78 is 11.6. The molecule has 27 heavy (non-hydrogen) atoms. The molecular weight excluding hydrogens is 372 g/mol. The van der Waals surface area contributed by atoms with E-state index in [4.69, 9.17) is 20.8 Å². The topological polar surface area (TPSA) is 90.5 Å². The molecule has 3 aromatic rings. The second-order valence-corrected chi connectivity index (χ2v) is 6.30. The quantitative estimate of drug-likeness (QED) is 0.655. The Morgan fingerprint density at radius 3 is 2.63 bits per heavy atom. The molecule has 0 saturated carbocycles. The van der Waals surface area contributed by atoms with Crippen LogP contribution < -0.4 is 11.1 Å². The first-order valence-corrected chi connectivity index (χ1v) is 8.66. The lowest BCUT2D eigenvalue weighted by molar-refractivity contribution is -0.153. The summed E-state index contributed by atoms with van der Waals surface area (Å²) in [6.07, 6.45) is -1.05. The van der Waals surface area contributed by atoms with Crippen LogP contribution in [-0.2, 0) is 20.9 Å². The van der Waals surface area contributed by atoms with Gasteiger partial charge in [0, 0.05) is 17.3 Å².